The molecule has 10 aromatic rings. The summed E-state index contributed by atoms with van der Waals surface area (Å²) in [7, 11) is 0. The summed E-state index contributed by atoms with van der Waals surface area (Å²) in [5.41, 5.74) is 20.4. The molecule has 8 aromatic carbocycles. The quantitative estimate of drug-likeness (QED) is 0.172. The Morgan fingerprint density at radius 2 is 1.12 bits per heavy atom. The smallest absolute Gasteiger partial charge is 0.0726 e. The van der Waals surface area contributed by atoms with Crippen molar-refractivity contribution >= 4 is 38.7 Å². The molecule has 0 fully saturated rings. The summed E-state index contributed by atoms with van der Waals surface area (Å²) < 4.78 is 4.85. The van der Waals surface area contributed by atoms with Crippen LogP contribution in [-0.2, 0) is 11.8 Å². The highest BCUT2D eigenvalue weighted by atomic mass is 15.0. The zero-order valence-corrected chi connectivity index (χ0v) is 31.3. The second-order valence-corrected chi connectivity index (χ2v) is 15.9. The summed E-state index contributed by atoms with van der Waals surface area (Å²) in [5.74, 6) is 0. The van der Waals surface area contributed by atoms with Crippen molar-refractivity contribution < 1.29 is 0 Å². The number of rotatable bonds is 3. The van der Waals surface area contributed by atoms with E-state index in [1.807, 2.05) is 0 Å². The Bertz CT molecular complexity index is 3310. The zero-order chi connectivity index (χ0) is 37.2. The molecule has 57 heavy (non-hydrogen) atoms. The molecule has 0 N–H and O–H groups in total. The Hall–Kier alpha value is -7.16. The van der Waals surface area contributed by atoms with Gasteiger partial charge in [-0.25, -0.2) is 0 Å². The third-order valence-electron chi connectivity index (χ3n) is 13.2. The first kappa shape index (κ1) is 31.1. The maximum absolute atomic E-state index is 2.55. The Morgan fingerprint density at radius 1 is 0.456 bits per heavy atom. The molecule has 2 heterocycles. The summed E-state index contributed by atoms with van der Waals surface area (Å²) in [6, 6.07) is 66.2. The van der Waals surface area contributed by atoms with Gasteiger partial charge >= 0.3 is 0 Å². The van der Waals surface area contributed by atoms with Gasteiger partial charge in [-0.1, -0.05) is 133 Å². The van der Waals surface area contributed by atoms with Crippen molar-refractivity contribution in [2.75, 3.05) is 0 Å². The number of hydrogen-bond acceptors (Lipinski definition) is 0. The topological polar surface area (TPSA) is 9.86 Å². The van der Waals surface area contributed by atoms with E-state index in [1.165, 1.54) is 111 Å². The third-order valence-corrected chi connectivity index (χ3v) is 13.2. The first-order chi connectivity index (χ1) is 28.3. The van der Waals surface area contributed by atoms with Crippen molar-refractivity contribution in [3.63, 3.8) is 0 Å². The van der Waals surface area contributed by atoms with E-state index in [2.05, 4.69) is 203 Å². The highest BCUT2D eigenvalue weighted by Gasteiger charge is 2.51. The number of allylic oxidation sites excluding steroid dienone is 1. The molecule has 3 aliphatic carbocycles. The van der Waals surface area contributed by atoms with Gasteiger partial charge < -0.3 is 9.13 Å². The fraction of sp³-hybridized carbons (Fsp3) is 0.0545. The molecule has 266 valence electrons. The number of fused-ring (bicyclic) bond motifs is 16. The van der Waals surface area contributed by atoms with Crippen LogP contribution in [0.4, 0.5) is 0 Å². The molecular formula is C55H36N2. The lowest BCUT2D eigenvalue weighted by atomic mass is 9.70. The van der Waals surface area contributed by atoms with E-state index in [4.69, 9.17) is 0 Å². The van der Waals surface area contributed by atoms with E-state index in [1.54, 1.807) is 0 Å². The van der Waals surface area contributed by atoms with Gasteiger partial charge in [0, 0.05) is 34.0 Å². The van der Waals surface area contributed by atoms with Crippen LogP contribution in [0.25, 0.3) is 83.4 Å². The van der Waals surface area contributed by atoms with Crippen molar-refractivity contribution in [3.05, 3.63) is 222 Å². The monoisotopic (exact) mass is 724 g/mol. The molecular weight excluding hydrogens is 689 g/mol. The van der Waals surface area contributed by atoms with E-state index in [0.717, 1.165) is 12.8 Å². The second kappa shape index (κ2) is 11.4. The first-order valence-electron chi connectivity index (χ1n) is 20.2. The molecule has 0 atom stereocenters. The molecule has 2 aromatic heterocycles. The zero-order valence-electron chi connectivity index (χ0n) is 31.3. The highest BCUT2D eigenvalue weighted by Crippen LogP contribution is 2.63. The molecule has 2 nitrogen and oxygen atoms in total. The van der Waals surface area contributed by atoms with Gasteiger partial charge in [0.25, 0.3) is 0 Å². The van der Waals surface area contributed by atoms with Crippen molar-refractivity contribution in [1.29, 1.82) is 0 Å². The van der Waals surface area contributed by atoms with Crippen molar-refractivity contribution in [3.8, 4) is 44.8 Å². The van der Waals surface area contributed by atoms with Crippen LogP contribution in [0.5, 0.6) is 0 Å². The number of nitrogens with zero attached hydrogens (tertiary/aromatic N) is 2. The van der Waals surface area contributed by atoms with Gasteiger partial charge in [-0.15, -0.1) is 0 Å². The predicted molar refractivity (Wildman–Crippen MR) is 237 cm³/mol. The highest BCUT2D eigenvalue weighted by molar-refractivity contribution is 6.15. The lowest BCUT2D eigenvalue weighted by molar-refractivity contribution is 0.792. The van der Waals surface area contributed by atoms with Crippen LogP contribution in [0.3, 0.4) is 0 Å². The normalized spacial score (nSPS) is 14.2. The summed E-state index contributed by atoms with van der Waals surface area (Å²) in [6.45, 7) is 0. The van der Waals surface area contributed by atoms with Gasteiger partial charge in [-0.2, -0.15) is 0 Å². The van der Waals surface area contributed by atoms with E-state index >= 15 is 0 Å². The van der Waals surface area contributed by atoms with E-state index < -0.39 is 5.41 Å². The summed E-state index contributed by atoms with van der Waals surface area (Å²) in [4.78, 5) is 0. The Labute approximate surface area is 331 Å². The van der Waals surface area contributed by atoms with Crippen LogP contribution in [0, 0.1) is 0 Å². The number of benzene rings is 8. The van der Waals surface area contributed by atoms with E-state index in [9.17, 15) is 0 Å². The van der Waals surface area contributed by atoms with Gasteiger partial charge in [-0.3, -0.25) is 0 Å². The first-order valence-corrected chi connectivity index (χ1v) is 20.2. The van der Waals surface area contributed by atoms with Crippen molar-refractivity contribution in [1.82, 2.24) is 9.13 Å². The van der Waals surface area contributed by atoms with Crippen LogP contribution < -0.4 is 0 Å². The average molecular weight is 725 g/mol. The SMILES string of the molecule is C1=Cc2c(c3cc(-c4ccc5c(c4)C4(c6ccccc6-c6ccccc64)c4cc(-n6ccc7ccccc76)ccc4-5)c4ccccc4c3n2-c2ccccc2)CC1. The Balaban J connectivity index is 1.10. The lowest BCUT2D eigenvalue weighted by Crippen LogP contribution is -2.26. The molecule has 1 spiro atoms. The number of hydrogen-bond donors (Lipinski definition) is 0. The summed E-state index contributed by atoms with van der Waals surface area (Å²) in [5, 5.41) is 5.16. The van der Waals surface area contributed by atoms with Crippen LogP contribution in [0.2, 0.25) is 0 Å². The maximum atomic E-state index is 2.55. The standard InChI is InChI=1S/C55H36N2/c1-2-15-37(16-3-1)57-53-25-13-9-20-44(53)47-34-46(39-17-5-6-21-45(39)54(47)57)36-26-28-42-43-29-27-38(56-31-30-35-14-4-12-24-52(35)56)33-51(43)55(50(42)32-36)48-22-10-7-18-40(48)41-19-8-11-23-49(41)55/h1-8,10-19,21-34H,9,20H2. The average Bonchev–Trinajstić information content (AvgIpc) is 4.02. The maximum Gasteiger partial charge on any atom is 0.0726 e. The molecule has 0 amide bonds. The van der Waals surface area contributed by atoms with Crippen molar-refractivity contribution in [2.45, 2.75) is 18.3 Å². The molecule has 0 bridgehead atoms. The van der Waals surface area contributed by atoms with Gasteiger partial charge in [0.2, 0.25) is 0 Å². The minimum absolute atomic E-state index is 0.465. The van der Waals surface area contributed by atoms with E-state index in [0.29, 0.717) is 0 Å². The summed E-state index contributed by atoms with van der Waals surface area (Å²) >= 11 is 0. The van der Waals surface area contributed by atoms with Crippen LogP contribution in [0.1, 0.15) is 39.9 Å². The number of para-hydroxylation sites is 2. The van der Waals surface area contributed by atoms with Crippen LogP contribution in [0.15, 0.2) is 188 Å². The molecule has 0 radical (unpaired) electrons. The minimum atomic E-state index is -0.465. The minimum Gasteiger partial charge on any atom is -0.317 e. The molecule has 0 saturated carbocycles. The molecule has 0 aliphatic heterocycles. The lowest BCUT2D eigenvalue weighted by Gasteiger charge is -2.31. The fourth-order valence-electron chi connectivity index (χ4n) is 10.9. The van der Waals surface area contributed by atoms with Gasteiger partial charge in [0.1, 0.15) is 0 Å². The van der Waals surface area contributed by atoms with Gasteiger partial charge in [0.05, 0.1) is 16.4 Å². The third kappa shape index (κ3) is 4.04. The van der Waals surface area contributed by atoms with Gasteiger partial charge in [-0.05, 0) is 139 Å². The van der Waals surface area contributed by atoms with Crippen LogP contribution >= 0.6 is 0 Å². The number of aromatic nitrogens is 2. The Kier molecular flexibility index (Phi) is 6.24. The summed E-state index contributed by atoms with van der Waals surface area (Å²) in [6.07, 6.45) is 8.99. The molecule has 0 saturated heterocycles. The second-order valence-electron chi connectivity index (χ2n) is 15.9. The van der Waals surface area contributed by atoms with Crippen LogP contribution in [-0.4, -0.2) is 9.13 Å². The molecule has 3 aliphatic rings. The Morgan fingerprint density at radius 3 is 1.95 bits per heavy atom. The molecule has 0 unspecified atom stereocenters. The van der Waals surface area contributed by atoms with E-state index in [-0.39, 0.29) is 0 Å². The van der Waals surface area contributed by atoms with Gasteiger partial charge in [0.15, 0.2) is 0 Å². The molecule has 2 heteroatoms. The van der Waals surface area contributed by atoms with Crippen molar-refractivity contribution in [2.24, 2.45) is 0 Å². The number of aryl methyl sites for hydroxylation is 1. The fourth-order valence-corrected chi connectivity index (χ4v) is 10.9. The predicted octanol–water partition coefficient (Wildman–Crippen LogP) is 13.7. The molecule has 13 rings (SSSR count). The largest absolute Gasteiger partial charge is 0.317 e.